The lowest BCUT2D eigenvalue weighted by Gasteiger charge is -2.50. The zero-order chi connectivity index (χ0) is 28.2. The van der Waals surface area contributed by atoms with Gasteiger partial charge in [-0.25, -0.2) is 0 Å². The molecule has 2 atom stereocenters. The third-order valence-electron chi connectivity index (χ3n) is 8.57. The van der Waals surface area contributed by atoms with Crippen LogP contribution in [-0.2, 0) is 28.3 Å². The summed E-state index contributed by atoms with van der Waals surface area (Å²) in [6, 6.07) is 10.6. The van der Waals surface area contributed by atoms with Crippen molar-refractivity contribution in [1.82, 2.24) is 25.3 Å². The predicted molar refractivity (Wildman–Crippen MR) is 145 cm³/mol. The minimum Gasteiger partial charge on any atom is -0.385 e. The largest absolute Gasteiger partial charge is 0.385 e. The number of hydrogen-bond acceptors (Lipinski definition) is 8. The van der Waals surface area contributed by atoms with E-state index in [0.717, 1.165) is 16.7 Å². The smallest absolute Gasteiger partial charge is 0.255 e. The fourth-order valence-corrected chi connectivity index (χ4v) is 6.60. The van der Waals surface area contributed by atoms with Crippen molar-refractivity contribution in [2.24, 2.45) is 5.41 Å². The zero-order valence-corrected chi connectivity index (χ0v) is 23.1. The number of likely N-dealkylation sites (tertiary alicyclic amines) is 1. The van der Waals surface area contributed by atoms with Crippen molar-refractivity contribution in [3.05, 3.63) is 70.1 Å². The lowest BCUT2D eigenvalue weighted by Crippen LogP contribution is -2.55. The molecule has 40 heavy (non-hydrogen) atoms. The summed E-state index contributed by atoms with van der Waals surface area (Å²) in [6.07, 6.45) is 2.30. The van der Waals surface area contributed by atoms with Crippen molar-refractivity contribution in [2.75, 3.05) is 13.1 Å². The summed E-state index contributed by atoms with van der Waals surface area (Å²) < 4.78 is 4.83. The first-order chi connectivity index (χ1) is 19.1. The highest BCUT2D eigenvalue weighted by Gasteiger charge is 2.49. The number of aromatic nitrogens is 2. The Morgan fingerprint density at radius 3 is 2.65 bits per heavy atom. The van der Waals surface area contributed by atoms with Crippen LogP contribution >= 0.6 is 11.6 Å². The number of benzene rings is 2. The fourth-order valence-electron chi connectivity index (χ4n) is 6.31. The number of carbonyl (C=O) groups excluding carboxylic acids is 3. The van der Waals surface area contributed by atoms with Gasteiger partial charge in [0, 0.05) is 49.1 Å². The SMILES string of the molecule is CC1(C)CN(Cc2ccc(-c3ncon3)c(Cl)c2)CC[C@]1(O)c1ccc2c(c1)CN(C1CCC(=O)NC1=O)C2=O. The minimum absolute atomic E-state index is 0.210. The molecule has 0 bridgehead atoms. The van der Waals surface area contributed by atoms with Crippen molar-refractivity contribution in [1.29, 1.82) is 0 Å². The fraction of sp³-hybridized carbons (Fsp3) is 0.414. The van der Waals surface area contributed by atoms with Crippen molar-refractivity contribution in [2.45, 2.75) is 57.8 Å². The number of piperidine rings is 2. The average molecular weight is 564 g/mol. The topological polar surface area (TPSA) is 129 Å². The van der Waals surface area contributed by atoms with Crippen molar-refractivity contribution < 1.29 is 24.0 Å². The van der Waals surface area contributed by atoms with Gasteiger partial charge in [-0.1, -0.05) is 48.8 Å². The Morgan fingerprint density at radius 2 is 1.95 bits per heavy atom. The summed E-state index contributed by atoms with van der Waals surface area (Å²) in [6.45, 7) is 6.37. The van der Waals surface area contributed by atoms with Crippen LogP contribution in [0.15, 0.2) is 47.3 Å². The number of nitrogens with one attached hydrogen (secondary N) is 1. The van der Waals surface area contributed by atoms with Gasteiger partial charge in [0.05, 0.1) is 10.6 Å². The molecule has 3 aromatic rings. The Kier molecular flexibility index (Phi) is 6.52. The molecule has 4 heterocycles. The maximum atomic E-state index is 13.1. The number of hydrogen-bond donors (Lipinski definition) is 2. The monoisotopic (exact) mass is 563 g/mol. The lowest BCUT2D eigenvalue weighted by atomic mass is 9.66. The molecule has 0 spiro atoms. The quantitative estimate of drug-likeness (QED) is 0.453. The maximum absolute atomic E-state index is 13.1. The first kappa shape index (κ1) is 26.6. The summed E-state index contributed by atoms with van der Waals surface area (Å²) in [4.78, 5) is 45.0. The minimum atomic E-state index is -1.11. The predicted octanol–water partition coefficient (Wildman–Crippen LogP) is 3.27. The second-order valence-electron chi connectivity index (χ2n) is 11.5. The molecule has 1 unspecified atom stereocenters. The van der Waals surface area contributed by atoms with E-state index < -0.39 is 23.0 Å². The Balaban J connectivity index is 1.17. The molecule has 0 aliphatic carbocycles. The maximum Gasteiger partial charge on any atom is 0.255 e. The zero-order valence-electron chi connectivity index (χ0n) is 22.3. The normalized spacial score (nSPS) is 24.8. The van der Waals surface area contributed by atoms with Gasteiger partial charge in [0.15, 0.2) is 0 Å². The van der Waals surface area contributed by atoms with Crippen LogP contribution in [0.25, 0.3) is 11.4 Å². The van der Waals surface area contributed by atoms with E-state index in [-0.39, 0.29) is 24.8 Å². The van der Waals surface area contributed by atoms with Gasteiger partial charge in [-0.15, -0.1) is 0 Å². The molecule has 0 saturated carbocycles. The highest BCUT2D eigenvalue weighted by molar-refractivity contribution is 6.33. The number of fused-ring (bicyclic) bond motifs is 1. The molecular weight excluding hydrogens is 534 g/mol. The Morgan fingerprint density at radius 1 is 1.15 bits per heavy atom. The summed E-state index contributed by atoms with van der Waals surface area (Å²) in [5.41, 5.74) is 2.23. The van der Waals surface area contributed by atoms with Gasteiger partial charge in [0.1, 0.15) is 6.04 Å². The summed E-state index contributed by atoms with van der Waals surface area (Å²) >= 11 is 6.51. The van der Waals surface area contributed by atoms with Crippen LogP contribution in [0.5, 0.6) is 0 Å². The number of aliphatic hydroxyl groups is 1. The highest BCUT2D eigenvalue weighted by atomic mass is 35.5. The molecule has 0 radical (unpaired) electrons. The molecule has 3 amide bonds. The van der Waals surface area contributed by atoms with Crippen LogP contribution in [0.3, 0.4) is 0 Å². The molecular formula is C29H30ClN5O5. The van der Waals surface area contributed by atoms with E-state index in [9.17, 15) is 19.5 Å². The van der Waals surface area contributed by atoms with Crippen LogP contribution < -0.4 is 5.32 Å². The Hall–Kier alpha value is -3.60. The van der Waals surface area contributed by atoms with Gasteiger partial charge in [-0.05, 0) is 47.7 Å². The van der Waals surface area contributed by atoms with Gasteiger partial charge < -0.3 is 14.5 Å². The number of imide groups is 1. The van der Waals surface area contributed by atoms with Gasteiger partial charge in [-0.3, -0.25) is 24.6 Å². The van der Waals surface area contributed by atoms with Crippen LogP contribution in [0.1, 0.15) is 60.2 Å². The number of amides is 3. The number of nitrogens with zero attached hydrogens (tertiary/aromatic N) is 4. The van der Waals surface area contributed by atoms with Crippen LogP contribution in [0, 0.1) is 5.41 Å². The molecule has 2 fully saturated rings. The Labute approximate surface area is 236 Å². The van der Waals surface area contributed by atoms with E-state index in [1.165, 1.54) is 11.3 Å². The lowest BCUT2D eigenvalue weighted by molar-refractivity contribution is -0.136. The second-order valence-corrected chi connectivity index (χ2v) is 12.0. The van der Waals surface area contributed by atoms with E-state index in [0.29, 0.717) is 54.4 Å². The van der Waals surface area contributed by atoms with Crippen LogP contribution in [0.2, 0.25) is 5.02 Å². The Bertz CT molecular complexity index is 1510. The van der Waals surface area contributed by atoms with Crippen LogP contribution in [-0.4, -0.2) is 61.9 Å². The van der Waals surface area contributed by atoms with E-state index in [1.807, 2.05) is 30.3 Å². The van der Waals surface area contributed by atoms with E-state index >= 15 is 0 Å². The van der Waals surface area contributed by atoms with Gasteiger partial charge in [-0.2, -0.15) is 4.98 Å². The summed E-state index contributed by atoms with van der Waals surface area (Å²) in [5, 5.41) is 18.8. The molecule has 2 N–H and O–H groups in total. The second kappa shape index (κ2) is 9.79. The highest BCUT2D eigenvalue weighted by Crippen LogP contribution is 2.47. The van der Waals surface area contributed by atoms with E-state index in [4.69, 9.17) is 16.1 Å². The third kappa shape index (κ3) is 4.49. The number of halogens is 1. The van der Waals surface area contributed by atoms with Crippen LogP contribution in [0.4, 0.5) is 0 Å². The molecule has 10 nitrogen and oxygen atoms in total. The molecule has 11 heteroatoms. The molecule has 3 aliphatic rings. The van der Waals surface area contributed by atoms with E-state index in [1.54, 1.807) is 6.07 Å². The van der Waals surface area contributed by atoms with Crippen molar-refractivity contribution in [3.8, 4) is 11.4 Å². The summed E-state index contributed by atoms with van der Waals surface area (Å²) in [7, 11) is 0. The van der Waals surface area contributed by atoms with Gasteiger partial charge in [0.25, 0.3) is 5.91 Å². The van der Waals surface area contributed by atoms with E-state index in [2.05, 4.69) is 34.2 Å². The van der Waals surface area contributed by atoms with Gasteiger partial charge in [0.2, 0.25) is 24.0 Å². The number of rotatable bonds is 5. The summed E-state index contributed by atoms with van der Waals surface area (Å²) in [5.74, 6) is -0.527. The molecule has 1 aromatic heterocycles. The molecule has 6 rings (SSSR count). The van der Waals surface area contributed by atoms with Crippen molar-refractivity contribution in [3.63, 3.8) is 0 Å². The standard InChI is InChI=1S/C29H30ClN5O5/c1-28(2)15-34(13-17-3-5-21(22(30)11-17)25-31-16-40-33-25)10-9-29(28,39)19-4-6-20-18(12-19)14-35(27(20)38)23-7-8-24(36)32-26(23)37/h3-6,11-12,16,23,39H,7-10,13-15H2,1-2H3,(H,32,36,37)/t23?,29-/m0/s1. The third-order valence-corrected chi connectivity index (χ3v) is 8.88. The molecule has 208 valence electrons. The number of carbonyl (C=O) groups is 3. The van der Waals surface area contributed by atoms with Gasteiger partial charge >= 0.3 is 0 Å². The molecule has 2 aromatic carbocycles. The molecule has 3 aliphatic heterocycles. The first-order valence-corrected chi connectivity index (χ1v) is 13.7. The van der Waals surface area contributed by atoms with Crippen molar-refractivity contribution >= 4 is 29.3 Å². The average Bonchev–Trinajstić information content (AvgIpc) is 3.54. The first-order valence-electron chi connectivity index (χ1n) is 13.3. The molecule has 2 saturated heterocycles.